The maximum atomic E-state index is 11.3. The minimum Gasteiger partial charge on any atom is -0.379 e. The molecule has 1 aromatic heterocycles. The van der Waals surface area contributed by atoms with Gasteiger partial charge < -0.3 is 15.3 Å². The van der Waals surface area contributed by atoms with Crippen molar-refractivity contribution in [3.8, 4) is 0 Å². The van der Waals surface area contributed by atoms with Crippen molar-refractivity contribution in [2.45, 2.75) is 26.3 Å². The third-order valence-corrected chi connectivity index (χ3v) is 3.79. The molecule has 1 atom stereocenters. The van der Waals surface area contributed by atoms with Gasteiger partial charge in [-0.05, 0) is 48.7 Å². The number of imidazole rings is 1. The van der Waals surface area contributed by atoms with Crippen LogP contribution in [0.1, 0.15) is 31.0 Å². The summed E-state index contributed by atoms with van der Waals surface area (Å²) in [6.07, 6.45) is 1.05. The third-order valence-electron chi connectivity index (χ3n) is 3.79. The molecule has 108 valence electrons. The molecule has 0 radical (unpaired) electrons. The maximum Gasteiger partial charge on any atom is 0.323 e. The number of hydrogen-bond donors (Lipinski definition) is 3. The van der Waals surface area contributed by atoms with Crippen LogP contribution in [0.3, 0.4) is 0 Å². The van der Waals surface area contributed by atoms with E-state index in [1.165, 1.54) is 5.56 Å². The number of fused-ring (bicyclic) bond motifs is 1. The number of nitrogens with one attached hydrogen (secondary N) is 3. The number of anilines is 1. The highest BCUT2D eigenvalue weighted by molar-refractivity contribution is 5.75. The van der Waals surface area contributed by atoms with Gasteiger partial charge in [-0.15, -0.1) is 0 Å². The van der Waals surface area contributed by atoms with Crippen LogP contribution in [0.15, 0.2) is 47.3 Å². The first kappa shape index (κ1) is 13.5. The van der Waals surface area contributed by atoms with Gasteiger partial charge in [0.1, 0.15) is 0 Å². The molecule has 0 aliphatic rings. The van der Waals surface area contributed by atoms with E-state index in [4.69, 9.17) is 0 Å². The average Bonchev–Trinajstić information content (AvgIpc) is 2.87. The van der Waals surface area contributed by atoms with E-state index >= 15 is 0 Å². The Kier molecular flexibility index (Phi) is 3.52. The Balaban J connectivity index is 1.81. The molecule has 0 fully saturated rings. The minimum absolute atomic E-state index is 0.167. The molecule has 3 rings (SSSR count). The van der Waals surface area contributed by atoms with E-state index in [0.717, 1.165) is 28.7 Å². The van der Waals surface area contributed by atoms with Gasteiger partial charge in [0, 0.05) is 11.7 Å². The number of aromatic amines is 2. The van der Waals surface area contributed by atoms with Gasteiger partial charge in [-0.3, -0.25) is 0 Å². The predicted molar refractivity (Wildman–Crippen MR) is 86.8 cm³/mol. The van der Waals surface area contributed by atoms with Crippen molar-refractivity contribution < 1.29 is 0 Å². The smallest absolute Gasteiger partial charge is 0.323 e. The highest BCUT2D eigenvalue weighted by Crippen LogP contribution is 2.22. The SMILES string of the molecule is CCc1ccc(NC(C)c2ccc3[nH]c(=O)[nH]c3c2)cc1. The first-order chi connectivity index (χ1) is 10.2. The summed E-state index contributed by atoms with van der Waals surface area (Å²) in [6.45, 7) is 4.26. The quantitative estimate of drug-likeness (QED) is 0.684. The van der Waals surface area contributed by atoms with Crippen LogP contribution in [-0.2, 0) is 6.42 Å². The van der Waals surface area contributed by atoms with Gasteiger partial charge in [-0.1, -0.05) is 25.1 Å². The predicted octanol–water partition coefficient (Wildman–Crippen LogP) is 3.59. The molecule has 3 N–H and O–H groups in total. The summed E-state index contributed by atoms with van der Waals surface area (Å²) < 4.78 is 0. The lowest BCUT2D eigenvalue weighted by atomic mass is 10.1. The van der Waals surface area contributed by atoms with Crippen molar-refractivity contribution in [2.24, 2.45) is 0 Å². The molecule has 4 heteroatoms. The van der Waals surface area contributed by atoms with Crippen molar-refractivity contribution in [3.63, 3.8) is 0 Å². The van der Waals surface area contributed by atoms with Gasteiger partial charge in [0.15, 0.2) is 0 Å². The normalized spacial score (nSPS) is 12.5. The summed E-state index contributed by atoms with van der Waals surface area (Å²) in [6, 6.07) is 14.6. The first-order valence-corrected chi connectivity index (χ1v) is 7.23. The molecule has 0 saturated heterocycles. The van der Waals surface area contributed by atoms with Crippen LogP contribution in [0.2, 0.25) is 0 Å². The van der Waals surface area contributed by atoms with Crippen LogP contribution in [-0.4, -0.2) is 9.97 Å². The summed E-state index contributed by atoms with van der Waals surface area (Å²) in [7, 11) is 0. The van der Waals surface area contributed by atoms with Crippen molar-refractivity contribution >= 4 is 16.7 Å². The number of hydrogen-bond acceptors (Lipinski definition) is 2. The van der Waals surface area contributed by atoms with Gasteiger partial charge in [0.25, 0.3) is 0 Å². The monoisotopic (exact) mass is 281 g/mol. The minimum atomic E-state index is -0.169. The summed E-state index contributed by atoms with van der Waals surface area (Å²) in [5, 5.41) is 3.48. The summed E-state index contributed by atoms with van der Waals surface area (Å²) in [4.78, 5) is 16.8. The molecule has 4 nitrogen and oxygen atoms in total. The summed E-state index contributed by atoms with van der Waals surface area (Å²) in [5.74, 6) is 0. The van der Waals surface area contributed by atoms with Crippen LogP contribution >= 0.6 is 0 Å². The molecule has 0 aliphatic carbocycles. The first-order valence-electron chi connectivity index (χ1n) is 7.23. The van der Waals surface area contributed by atoms with Crippen molar-refractivity contribution in [1.29, 1.82) is 0 Å². The second-order valence-corrected chi connectivity index (χ2v) is 5.30. The van der Waals surface area contributed by atoms with Crippen LogP contribution in [0.4, 0.5) is 5.69 Å². The zero-order valence-corrected chi connectivity index (χ0v) is 12.2. The number of benzene rings is 2. The van der Waals surface area contributed by atoms with E-state index in [1.807, 2.05) is 18.2 Å². The van der Waals surface area contributed by atoms with Gasteiger partial charge in [0.2, 0.25) is 0 Å². The molecular weight excluding hydrogens is 262 g/mol. The lowest BCUT2D eigenvalue weighted by Crippen LogP contribution is -2.06. The zero-order valence-electron chi connectivity index (χ0n) is 12.2. The zero-order chi connectivity index (χ0) is 14.8. The van der Waals surface area contributed by atoms with E-state index in [1.54, 1.807) is 0 Å². The van der Waals surface area contributed by atoms with Crippen LogP contribution in [0, 0.1) is 0 Å². The summed E-state index contributed by atoms with van der Waals surface area (Å²) >= 11 is 0. The third kappa shape index (κ3) is 2.84. The molecule has 2 aromatic carbocycles. The number of H-pyrrole nitrogens is 2. The van der Waals surface area contributed by atoms with Crippen molar-refractivity contribution in [1.82, 2.24) is 9.97 Å². The largest absolute Gasteiger partial charge is 0.379 e. The highest BCUT2D eigenvalue weighted by Gasteiger charge is 2.07. The molecule has 0 saturated carbocycles. The fraction of sp³-hybridized carbons (Fsp3) is 0.235. The fourth-order valence-corrected chi connectivity index (χ4v) is 2.49. The lowest BCUT2D eigenvalue weighted by Gasteiger charge is -2.16. The van der Waals surface area contributed by atoms with Gasteiger partial charge in [0.05, 0.1) is 11.0 Å². The lowest BCUT2D eigenvalue weighted by molar-refractivity contribution is 0.886. The standard InChI is InChI=1S/C17H19N3O/c1-3-12-4-7-14(8-5-12)18-11(2)13-6-9-15-16(10-13)20-17(21)19-15/h4-11,18H,3H2,1-2H3,(H2,19,20,21). The van der Waals surface area contributed by atoms with Gasteiger partial charge in [-0.2, -0.15) is 0 Å². The Morgan fingerprint density at radius 2 is 1.76 bits per heavy atom. The van der Waals surface area contributed by atoms with Crippen LogP contribution in [0.5, 0.6) is 0 Å². The Labute approximate surface area is 123 Å². The van der Waals surface area contributed by atoms with E-state index in [0.29, 0.717) is 0 Å². The van der Waals surface area contributed by atoms with Crippen LogP contribution in [0.25, 0.3) is 11.0 Å². The average molecular weight is 281 g/mol. The van der Waals surface area contributed by atoms with Crippen LogP contribution < -0.4 is 11.0 Å². The number of rotatable bonds is 4. The molecule has 0 aliphatic heterocycles. The Hall–Kier alpha value is -2.49. The molecule has 0 amide bonds. The van der Waals surface area contributed by atoms with E-state index in [9.17, 15) is 4.79 Å². The molecule has 1 unspecified atom stereocenters. The van der Waals surface area contributed by atoms with Crippen molar-refractivity contribution in [2.75, 3.05) is 5.32 Å². The van der Waals surface area contributed by atoms with E-state index in [-0.39, 0.29) is 11.7 Å². The Morgan fingerprint density at radius 1 is 1.05 bits per heavy atom. The molecule has 0 bridgehead atoms. The Bertz CT molecular complexity index is 799. The van der Waals surface area contributed by atoms with E-state index < -0.39 is 0 Å². The van der Waals surface area contributed by atoms with E-state index in [2.05, 4.69) is 53.4 Å². The fourth-order valence-electron chi connectivity index (χ4n) is 2.49. The Morgan fingerprint density at radius 3 is 2.48 bits per heavy atom. The maximum absolute atomic E-state index is 11.3. The summed E-state index contributed by atoms with van der Waals surface area (Å²) in [5.41, 5.74) is 5.08. The van der Waals surface area contributed by atoms with Gasteiger partial charge in [-0.25, -0.2) is 4.79 Å². The topological polar surface area (TPSA) is 60.7 Å². The second kappa shape index (κ2) is 5.48. The van der Waals surface area contributed by atoms with Gasteiger partial charge >= 0.3 is 5.69 Å². The molecule has 0 spiro atoms. The molecular formula is C17H19N3O. The number of aryl methyl sites for hydroxylation is 1. The van der Waals surface area contributed by atoms with Crippen molar-refractivity contribution in [3.05, 3.63) is 64.1 Å². The molecule has 1 heterocycles. The number of aromatic nitrogens is 2. The highest BCUT2D eigenvalue weighted by atomic mass is 16.1. The molecule has 21 heavy (non-hydrogen) atoms. The molecule has 3 aromatic rings. The second-order valence-electron chi connectivity index (χ2n) is 5.30.